The summed E-state index contributed by atoms with van der Waals surface area (Å²) < 4.78 is 0. The van der Waals surface area contributed by atoms with Gasteiger partial charge in [-0.15, -0.1) is 0 Å². The number of nitrogens with two attached hydrogens (primary N) is 1. The summed E-state index contributed by atoms with van der Waals surface area (Å²) in [5.74, 6) is 0. The minimum absolute atomic E-state index is 0.682. The molecule has 1 saturated heterocycles. The van der Waals surface area contributed by atoms with Crippen LogP contribution in [0.3, 0.4) is 0 Å². The van der Waals surface area contributed by atoms with E-state index in [-0.39, 0.29) is 0 Å². The molecule has 3 nitrogen and oxygen atoms in total. The number of hydrogen-bond donors (Lipinski definition) is 1. The summed E-state index contributed by atoms with van der Waals surface area (Å²) in [6.07, 6.45) is 1.13. The largest absolute Gasteiger partial charge is 0.330 e. The first-order valence-corrected chi connectivity index (χ1v) is 5.29. The highest BCUT2D eigenvalue weighted by Gasteiger charge is 2.25. The fourth-order valence-electron chi connectivity index (χ4n) is 2.01. The Morgan fingerprint density at radius 1 is 1.23 bits per heavy atom. The maximum absolute atomic E-state index is 5.51. The first kappa shape index (κ1) is 11.0. The lowest BCUT2D eigenvalue weighted by molar-refractivity contribution is 0.0599. The van der Waals surface area contributed by atoms with Crippen LogP contribution >= 0.6 is 0 Å². The van der Waals surface area contributed by atoms with Crippen molar-refractivity contribution in [1.82, 2.24) is 9.80 Å². The van der Waals surface area contributed by atoms with Gasteiger partial charge in [-0.25, -0.2) is 0 Å². The van der Waals surface area contributed by atoms with Crippen LogP contribution in [-0.4, -0.2) is 55.1 Å². The Hall–Kier alpha value is -0.120. The van der Waals surface area contributed by atoms with Crippen molar-refractivity contribution in [2.75, 3.05) is 33.2 Å². The van der Waals surface area contributed by atoms with Gasteiger partial charge in [0.25, 0.3) is 0 Å². The average Bonchev–Trinajstić information content (AvgIpc) is 2.10. The standard InChI is InChI=1S/C10H23N3/c1-9-7-13(6-4-5-11)8-10(2)12(9)3/h9-10H,4-8,11H2,1-3H3/t9-,10+. The summed E-state index contributed by atoms with van der Waals surface area (Å²) in [6.45, 7) is 8.96. The third kappa shape index (κ3) is 2.93. The van der Waals surface area contributed by atoms with Crippen LogP contribution in [0.1, 0.15) is 20.3 Å². The molecule has 0 aromatic rings. The van der Waals surface area contributed by atoms with Gasteiger partial charge in [-0.05, 0) is 40.4 Å². The minimum atomic E-state index is 0.682. The molecule has 1 aliphatic rings. The van der Waals surface area contributed by atoms with Crippen molar-refractivity contribution in [3.63, 3.8) is 0 Å². The highest BCUT2D eigenvalue weighted by Crippen LogP contribution is 2.12. The van der Waals surface area contributed by atoms with Crippen LogP contribution in [0.2, 0.25) is 0 Å². The summed E-state index contributed by atoms with van der Waals surface area (Å²) in [5, 5.41) is 0. The van der Waals surface area contributed by atoms with E-state index in [1.54, 1.807) is 0 Å². The molecule has 0 aliphatic carbocycles. The maximum Gasteiger partial charge on any atom is 0.0195 e. The Kier molecular flexibility index (Phi) is 4.16. The highest BCUT2D eigenvalue weighted by molar-refractivity contribution is 4.82. The number of likely N-dealkylation sites (N-methyl/N-ethyl adjacent to an activating group) is 1. The molecule has 1 aliphatic heterocycles. The Morgan fingerprint density at radius 2 is 1.77 bits per heavy atom. The molecule has 0 amide bonds. The molecule has 0 unspecified atom stereocenters. The van der Waals surface area contributed by atoms with E-state index in [0.717, 1.165) is 13.0 Å². The smallest absolute Gasteiger partial charge is 0.0195 e. The molecule has 1 fully saturated rings. The lowest BCUT2D eigenvalue weighted by atomic mass is 10.1. The number of piperazine rings is 1. The summed E-state index contributed by atoms with van der Waals surface area (Å²) in [7, 11) is 2.22. The molecular formula is C10H23N3. The third-order valence-electron chi connectivity index (χ3n) is 3.11. The van der Waals surface area contributed by atoms with Crippen molar-refractivity contribution < 1.29 is 0 Å². The van der Waals surface area contributed by atoms with Gasteiger partial charge in [0, 0.05) is 25.2 Å². The molecule has 3 heteroatoms. The van der Waals surface area contributed by atoms with E-state index < -0.39 is 0 Å². The fourth-order valence-corrected chi connectivity index (χ4v) is 2.01. The topological polar surface area (TPSA) is 32.5 Å². The van der Waals surface area contributed by atoms with Crippen LogP contribution in [0.4, 0.5) is 0 Å². The lowest BCUT2D eigenvalue weighted by Crippen LogP contribution is -2.55. The molecule has 13 heavy (non-hydrogen) atoms. The lowest BCUT2D eigenvalue weighted by Gasteiger charge is -2.42. The zero-order valence-corrected chi connectivity index (χ0v) is 9.16. The predicted molar refractivity (Wildman–Crippen MR) is 56.8 cm³/mol. The first-order chi connectivity index (χ1) is 6.15. The van der Waals surface area contributed by atoms with E-state index in [2.05, 4.69) is 30.7 Å². The molecule has 0 aromatic carbocycles. The molecule has 1 heterocycles. The van der Waals surface area contributed by atoms with Gasteiger partial charge in [0.05, 0.1) is 0 Å². The summed E-state index contributed by atoms with van der Waals surface area (Å²) >= 11 is 0. The van der Waals surface area contributed by atoms with Crippen molar-refractivity contribution in [3.05, 3.63) is 0 Å². The Labute approximate surface area is 81.9 Å². The Bertz CT molecular complexity index is 137. The van der Waals surface area contributed by atoms with Crippen LogP contribution in [0.15, 0.2) is 0 Å². The van der Waals surface area contributed by atoms with Gasteiger partial charge in [-0.3, -0.25) is 4.90 Å². The molecular weight excluding hydrogens is 162 g/mol. The Morgan fingerprint density at radius 3 is 2.23 bits per heavy atom. The van der Waals surface area contributed by atoms with Gasteiger partial charge in [0.1, 0.15) is 0 Å². The van der Waals surface area contributed by atoms with E-state index in [0.29, 0.717) is 12.1 Å². The normalized spacial score (nSPS) is 32.3. The van der Waals surface area contributed by atoms with Crippen LogP contribution in [0.5, 0.6) is 0 Å². The second-order valence-electron chi connectivity index (χ2n) is 4.27. The van der Waals surface area contributed by atoms with Crippen molar-refractivity contribution in [2.24, 2.45) is 5.73 Å². The second kappa shape index (κ2) is 4.94. The van der Waals surface area contributed by atoms with Crippen LogP contribution in [-0.2, 0) is 0 Å². The number of rotatable bonds is 3. The van der Waals surface area contributed by atoms with E-state index >= 15 is 0 Å². The predicted octanol–water partition coefficient (Wildman–Crippen LogP) is 0.360. The first-order valence-electron chi connectivity index (χ1n) is 5.29. The summed E-state index contributed by atoms with van der Waals surface area (Å²) in [5.41, 5.74) is 5.51. The summed E-state index contributed by atoms with van der Waals surface area (Å²) in [4.78, 5) is 4.99. The third-order valence-corrected chi connectivity index (χ3v) is 3.11. The zero-order chi connectivity index (χ0) is 9.84. The van der Waals surface area contributed by atoms with E-state index in [9.17, 15) is 0 Å². The van der Waals surface area contributed by atoms with E-state index in [1.165, 1.54) is 19.6 Å². The molecule has 0 radical (unpaired) electrons. The van der Waals surface area contributed by atoms with Gasteiger partial charge < -0.3 is 10.6 Å². The van der Waals surface area contributed by atoms with Gasteiger partial charge >= 0.3 is 0 Å². The zero-order valence-electron chi connectivity index (χ0n) is 9.16. The highest BCUT2D eigenvalue weighted by atomic mass is 15.3. The van der Waals surface area contributed by atoms with Gasteiger partial charge in [0.2, 0.25) is 0 Å². The van der Waals surface area contributed by atoms with Gasteiger partial charge in [-0.1, -0.05) is 0 Å². The van der Waals surface area contributed by atoms with Crippen molar-refractivity contribution in [2.45, 2.75) is 32.4 Å². The second-order valence-corrected chi connectivity index (χ2v) is 4.27. The minimum Gasteiger partial charge on any atom is -0.330 e. The van der Waals surface area contributed by atoms with E-state index in [4.69, 9.17) is 5.73 Å². The number of nitrogens with zero attached hydrogens (tertiary/aromatic N) is 2. The molecule has 0 spiro atoms. The molecule has 0 aromatic heterocycles. The van der Waals surface area contributed by atoms with Gasteiger partial charge in [0.15, 0.2) is 0 Å². The van der Waals surface area contributed by atoms with Gasteiger partial charge in [-0.2, -0.15) is 0 Å². The molecule has 2 atom stereocenters. The van der Waals surface area contributed by atoms with E-state index in [1.807, 2.05) is 0 Å². The molecule has 0 bridgehead atoms. The monoisotopic (exact) mass is 185 g/mol. The van der Waals surface area contributed by atoms with Crippen molar-refractivity contribution in [3.8, 4) is 0 Å². The molecule has 1 rings (SSSR count). The molecule has 0 saturated carbocycles. The van der Waals surface area contributed by atoms with Crippen molar-refractivity contribution >= 4 is 0 Å². The fraction of sp³-hybridized carbons (Fsp3) is 1.00. The van der Waals surface area contributed by atoms with Crippen molar-refractivity contribution in [1.29, 1.82) is 0 Å². The quantitative estimate of drug-likeness (QED) is 0.689. The van der Waals surface area contributed by atoms with Crippen LogP contribution in [0, 0.1) is 0 Å². The SMILES string of the molecule is C[C@@H]1CN(CCCN)C[C@H](C)N1C. The average molecular weight is 185 g/mol. The summed E-state index contributed by atoms with van der Waals surface area (Å²) in [6, 6.07) is 1.36. The molecule has 2 N–H and O–H groups in total. The number of hydrogen-bond acceptors (Lipinski definition) is 3. The van der Waals surface area contributed by atoms with Crippen LogP contribution in [0.25, 0.3) is 0 Å². The molecule has 78 valence electrons. The Balaban J connectivity index is 2.35. The van der Waals surface area contributed by atoms with Crippen LogP contribution < -0.4 is 5.73 Å². The maximum atomic E-state index is 5.51.